The van der Waals surface area contributed by atoms with Crippen LogP contribution in [-0.2, 0) is 9.59 Å². The lowest BCUT2D eigenvalue weighted by Gasteiger charge is -2.36. The average Bonchev–Trinajstić information content (AvgIpc) is 2.82. The van der Waals surface area contributed by atoms with Gasteiger partial charge in [-0.25, -0.2) is 0 Å². The van der Waals surface area contributed by atoms with Crippen LogP contribution in [0.2, 0.25) is 0 Å². The number of carbonyl (C=O) groups is 2. The van der Waals surface area contributed by atoms with Gasteiger partial charge in [-0.3, -0.25) is 14.5 Å². The van der Waals surface area contributed by atoms with Crippen LogP contribution in [0.15, 0.2) is 48.5 Å². The van der Waals surface area contributed by atoms with Gasteiger partial charge in [-0.15, -0.1) is 0 Å². The molecule has 0 saturated carbocycles. The minimum Gasteiger partial charge on any atom is -0.497 e. The molecule has 0 aliphatic carbocycles. The predicted molar refractivity (Wildman–Crippen MR) is 126 cm³/mol. The van der Waals surface area contributed by atoms with Crippen molar-refractivity contribution in [1.29, 1.82) is 0 Å². The summed E-state index contributed by atoms with van der Waals surface area (Å²) in [5.74, 6) is 1.53. The molecule has 1 aliphatic heterocycles. The Kier molecular flexibility index (Phi) is 8.33. The Labute approximate surface area is 189 Å². The van der Waals surface area contributed by atoms with Gasteiger partial charge in [0.1, 0.15) is 11.5 Å². The summed E-state index contributed by atoms with van der Waals surface area (Å²) in [5, 5.41) is 2.86. The molecule has 8 heteroatoms. The zero-order chi connectivity index (χ0) is 22.9. The first-order valence-electron chi connectivity index (χ1n) is 10.8. The molecule has 8 nitrogen and oxygen atoms in total. The standard InChI is InChI=1S/C24H32N4O4/c1-26(18-23(29)25-19-5-4-6-22(17-19)32-3)12-11-24(30)28-15-13-27(14-16-28)20-7-9-21(31-2)10-8-20/h4-10,17H,11-16,18H2,1-3H3,(H,25,29). The molecule has 0 aromatic heterocycles. The predicted octanol–water partition coefficient (Wildman–Crippen LogP) is 2.31. The maximum absolute atomic E-state index is 12.6. The third-order valence-corrected chi connectivity index (χ3v) is 5.54. The van der Waals surface area contributed by atoms with Crippen LogP contribution in [0.4, 0.5) is 11.4 Å². The molecule has 32 heavy (non-hydrogen) atoms. The lowest BCUT2D eigenvalue weighted by molar-refractivity contribution is -0.132. The Bertz CT molecular complexity index is 895. The largest absolute Gasteiger partial charge is 0.497 e. The van der Waals surface area contributed by atoms with E-state index in [-0.39, 0.29) is 18.4 Å². The smallest absolute Gasteiger partial charge is 0.238 e. The van der Waals surface area contributed by atoms with Gasteiger partial charge in [0.15, 0.2) is 0 Å². The number of nitrogens with zero attached hydrogens (tertiary/aromatic N) is 3. The third-order valence-electron chi connectivity index (χ3n) is 5.54. The quantitative estimate of drug-likeness (QED) is 0.645. The highest BCUT2D eigenvalue weighted by molar-refractivity contribution is 5.92. The number of carbonyl (C=O) groups excluding carboxylic acids is 2. The van der Waals surface area contributed by atoms with Crippen molar-refractivity contribution >= 4 is 23.2 Å². The van der Waals surface area contributed by atoms with Crippen LogP contribution in [0.25, 0.3) is 0 Å². The fraction of sp³-hybridized carbons (Fsp3) is 0.417. The highest BCUT2D eigenvalue weighted by Gasteiger charge is 2.21. The van der Waals surface area contributed by atoms with Crippen molar-refractivity contribution < 1.29 is 19.1 Å². The first kappa shape index (κ1) is 23.4. The highest BCUT2D eigenvalue weighted by Crippen LogP contribution is 2.21. The summed E-state index contributed by atoms with van der Waals surface area (Å²) in [6, 6.07) is 15.2. The second-order valence-corrected chi connectivity index (χ2v) is 7.83. The second-order valence-electron chi connectivity index (χ2n) is 7.83. The SMILES string of the molecule is COc1ccc(N2CCN(C(=O)CCN(C)CC(=O)Nc3cccc(OC)c3)CC2)cc1. The van der Waals surface area contributed by atoms with Crippen LogP contribution < -0.4 is 19.7 Å². The lowest BCUT2D eigenvalue weighted by atomic mass is 10.2. The van der Waals surface area contributed by atoms with E-state index in [0.717, 1.165) is 24.5 Å². The number of rotatable bonds is 9. The molecule has 2 aromatic rings. The fourth-order valence-corrected chi connectivity index (χ4v) is 3.68. The Morgan fingerprint density at radius 3 is 2.31 bits per heavy atom. The first-order valence-corrected chi connectivity index (χ1v) is 10.8. The molecule has 1 aliphatic rings. The number of anilines is 2. The van der Waals surface area contributed by atoms with E-state index in [9.17, 15) is 9.59 Å². The van der Waals surface area contributed by atoms with Crippen LogP contribution in [0.5, 0.6) is 11.5 Å². The van der Waals surface area contributed by atoms with Crippen LogP contribution in [0, 0.1) is 0 Å². The molecule has 0 bridgehead atoms. The molecule has 172 valence electrons. The van der Waals surface area contributed by atoms with Crippen molar-refractivity contribution in [2.75, 3.05) is 70.8 Å². The Morgan fingerprint density at radius 1 is 0.969 bits per heavy atom. The van der Waals surface area contributed by atoms with E-state index in [1.807, 2.05) is 59.3 Å². The molecular formula is C24H32N4O4. The average molecular weight is 441 g/mol. The van der Waals surface area contributed by atoms with E-state index in [1.165, 1.54) is 0 Å². The van der Waals surface area contributed by atoms with Crippen molar-refractivity contribution in [3.63, 3.8) is 0 Å². The van der Waals surface area contributed by atoms with Gasteiger partial charge in [-0.05, 0) is 43.4 Å². The molecule has 1 fully saturated rings. The number of amides is 2. The maximum atomic E-state index is 12.6. The molecule has 1 saturated heterocycles. The van der Waals surface area contributed by atoms with E-state index >= 15 is 0 Å². The van der Waals surface area contributed by atoms with Gasteiger partial charge in [0.25, 0.3) is 0 Å². The van der Waals surface area contributed by atoms with E-state index in [0.29, 0.717) is 37.5 Å². The number of hydrogen-bond acceptors (Lipinski definition) is 6. The number of piperazine rings is 1. The van der Waals surface area contributed by atoms with E-state index in [4.69, 9.17) is 9.47 Å². The summed E-state index contributed by atoms with van der Waals surface area (Å²) in [4.78, 5) is 30.9. The van der Waals surface area contributed by atoms with Gasteiger partial charge in [-0.2, -0.15) is 0 Å². The van der Waals surface area contributed by atoms with Gasteiger partial charge < -0.3 is 24.6 Å². The number of hydrogen-bond donors (Lipinski definition) is 1. The second kappa shape index (κ2) is 11.4. The number of benzene rings is 2. The lowest BCUT2D eigenvalue weighted by Crippen LogP contribution is -2.49. The van der Waals surface area contributed by atoms with Crippen LogP contribution in [0.3, 0.4) is 0 Å². The van der Waals surface area contributed by atoms with E-state index in [1.54, 1.807) is 20.3 Å². The highest BCUT2D eigenvalue weighted by atomic mass is 16.5. The molecule has 2 aromatic carbocycles. The van der Waals surface area contributed by atoms with Gasteiger partial charge in [0.05, 0.1) is 20.8 Å². The monoisotopic (exact) mass is 440 g/mol. The maximum Gasteiger partial charge on any atom is 0.238 e. The van der Waals surface area contributed by atoms with Crippen LogP contribution in [-0.4, -0.2) is 82.1 Å². The molecule has 0 radical (unpaired) electrons. The topological polar surface area (TPSA) is 74.4 Å². The van der Waals surface area contributed by atoms with Gasteiger partial charge in [-0.1, -0.05) is 6.07 Å². The molecule has 2 amide bonds. The summed E-state index contributed by atoms with van der Waals surface area (Å²) in [6.45, 7) is 3.75. The molecule has 1 N–H and O–H groups in total. The molecular weight excluding hydrogens is 408 g/mol. The van der Waals surface area contributed by atoms with Gasteiger partial charge >= 0.3 is 0 Å². The fourth-order valence-electron chi connectivity index (χ4n) is 3.68. The van der Waals surface area contributed by atoms with E-state index < -0.39 is 0 Å². The molecule has 0 spiro atoms. The van der Waals surface area contributed by atoms with Crippen LogP contribution >= 0.6 is 0 Å². The number of likely N-dealkylation sites (N-methyl/N-ethyl adjacent to an activating group) is 1. The van der Waals surface area contributed by atoms with Crippen molar-refractivity contribution in [3.8, 4) is 11.5 Å². The summed E-state index contributed by atoms with van der Waals surface area (Å²) in [6.07, 6.45) is 0.394. The first-order chi connectivity index (χ1) is 15.5. The van der Waals surface area contributed by atoms with Crippen molar-refractivity contribution in [1.82, 2.24) is 9.80 Å². The number of methoxy groups -OCH3 is 2. The molecule has 3 rings (SSSR count). The van der Waals surface area contributed by atoms with Gasteiger partial charge in [0.2, 0.25) is 11.8 Å². The number of nitrogens with one attached hydrogen (secondary N) is 1. The van der Waals surface area contributed by atoms with Crippen molar-refractivity contribution in [2.24, 2.45) is 0 Å². The molecule has 0 atom stereocenters. The minimum atomic E-state index is -0.124. The molecule has 1 heterocycles. The summed E-state index contributed by atoms with van der Waals surface area (Å²) in [5.41, 5.74) is 1.83. The van der Waals surface area contributed by atoms with Crippen LogP contribution in [0.1, 0.15) is 6.42 Å². The summed E-state index contributed by atoms with van der Waals surface area (Å²) >= 11 is 0. The minimum absolute atomic E-state index is 0.124. The Hall–Kier alpha value is -3.26. The third kappa shape index (κ3) is 6.62. The Morgan fingerprint density at radius 2 is 1.66 bits per heavy atom. The van der Waals surface area contributed by atoms with Gasteiger partial charge in [0, 0.05) is 56.6 Å². The van der Waals surface area contributed by atoms with Crippen molar-refractivity contribution in [2.45, 2.75) is 6.42 Å². The van der Waals surface area contributed by atoms with Crippen molar-refractivity contribution in [3.05, 3.63) is 48.5 Å². The zero-order valence-corrected chi connectivity index (χ0v) is 19.0. The Balaban J connectivity index is 1.38. The molecule has 0 unspecified atom stereocenters. The normalized spacial score (nSPS) is 13.8. The summed E-state index contributed by atoms with van der Waals surface area (Å²) in [7, 11) is 5.09. The number of ether oxygens (including phenoxy) is 2. The zero-order valence-electron chi connectivity index (χ0n) is 19.0. The van der Waals surface area contributed by atoms with E-state index in [2.05, 4.69) is 10.2 Å². The summed E-state index contributed by atoms with van der Waals surface area (Å²) < 4.78 is 10.4.